The van der Waals surface area contributed by atoms with Crippen molar-refractivity contribution in [1.82, 2.24) is 15.4 Å². The van der Waals surface area contributed by atoms with Crippen molar-refractivity contribution in [3.05, 3.63) is 24.3 Å². The third-order valence-electron chi connectivity index (χ3n) is 2.72. The van der Waals surface area contributed by atoms with Gasteiger partial charge >= 0.3 is 0 Å². The highest BCUT2D eigenvalue weighted by atomic mass is 15.3. The largest absolute Gasteiger partial charge is 0.197 e. The van der Waals surface area contributed by atoms with Crippen molar-refractivity contribution < 1.29 is 0 Å². The van der Waals surface area contributed by atoms with Gasteiger partial charge in [-0.25, -0.2) is 0 Å². The van der Waals surface area contributed by atoms with Gasteiger partial charge in [0.05, 0.1) is 0 Å². The average Bonchev–Trinajstić information content (AvgIpc) is 2.80. The van der Waals surface area contributed by atoms with Gasteiger partial charge < -0.3 is 0 Å². The summed E-state index contributed by atoms with van der Waals surface area (Å²) in [5, 5.41) is 10.3. The molecule has 3 rings (SSSR count). The van der Waals surface area contributed by atoms with Crippen LogP contribution in [0, 0.1) is 0 Å². The van der Waals surface area contributed by atoms with Crippen LogP contribution < -0.4 is 0 Å². The molecule has 0 atom stereocenters. The Morgan fingerprint density at radius 1 is 0.733 bits per heavy atom. The zero-order valence-electron chi connectivity index (χ0n) is 8.95. The number of rotatable bonds is 0. The Hall–Kier alpha value is -1.38. The van der Waals surface area contributed by atoms with Crippen LogP contribution in [-0.2, 0) is 0 Å². The minimum Gasteiger partial charge on any atom is -0.197 e. The van der Waals surface area contributed by atoms with Gasteiger partial charge in [0.2, 0.25) is 0 Å². The number of nitrogens with zero attached hydrogens (tertiary/aromatic N) is 2. The van der Waals surface area contributed by atoms with E-state index in [1.165, 1.54) is 38.5 Å². The minimum atomic E-state index is 0.914. The molecular weight excluding hydrogens is 186 g/mol. The van der Waals surface area contributed by atoms with Crippen molar-refractivity contribution in [3.8, 4) is 0 Å². The molecule has 15 heavy (non-hydrogen) atoms. The maximum atomic E-state index is 3.88. The van der Waals surface area contributed by atoms with Gasteiger partial charge in [-0.3, -0.25) is 0 Å². The number of aromatic amines is 1. The molecule has 1 N–H and O–H groups in total. The molecule has 1 saturated carbocycles. The number of H-pyrrole nitrogens is 1. The van der Waals surface area contributed by atoms with E-state index in [0.717, 1.165) is 11.0 Å². The third-order valence-corrected chi connectivity index (χ3v) is 2.72. The van der Waals surface area contributed by atoms with Crippen LogP contribution in [-0.4, -0.2) is 15.4 Å². The van der Waals surface area contributed by atoms with E-state index < -0.39 is 0 Å². The minimum absolute atomic E-state index is 0.914. The molecule has 3 heteroatoms. The number of benzene rings is 1. The highest BCUT2D eigenvalue weighted by molar-refractivity contribution is 5.72. The van der Waals surface area contributed by atoms with Crippen LogP contribution in [0.15, 0.2) is 24.3 Å². The van der Waals surface area contributed by atoms with Crippen LogP contribution >= 0.6 is 0 Å². The predicted molar refractivity (Wildman–Crippen MR) is 61.6 cm³/mol. The number of hydrogen-bond acceptors (Lipinski definition) is 2. The van der Waals surface area contributed by atoms with Gasteiger partial charge in [-0.1, -0.05) is 50.7 Å². The van der Waals surface area contributed by atoms with Crippen molar-refractivity contribution in [2.45, 2.75) is 38.5 Å². The summed E-state index contributed by atoms with van der Waals surface area (Å²) in [6, 6.07) is 7.70. The molecule has 80 valence electrons. The maximum absolute atomic E-state index is 3.88. The Labute approximate surface area is 89.9 Å². The normalized spacial score (nSPS) is 15.7. The van der Waals surface area contributed by atoms with E-state index >= 15 is 0 Å². The summed E-state index contributed by atoms with van der Waals surface area (Å²) in [4.78, 5) is 0. The highest BCUT2D eigenvalue weighted by Crippen LogP contribution is 2.15. The van der Waals surface area contributed by atoms with Gasteiger partial charge in [0.1, 0.15) is 11.0 Å². The highest BCUT2D eigenvalue weighted by Gasteiger charge is 1.95. The first-order valence-electron chi connectivity index (χ1n) is 5.72. The van der Waals surface area contributed by atoms with E-state index in [2.05, 4.69) is 15.4 Å². The number of para-hydroxylation sites is 2. The van der Waals surface area contributed by atoms with Crippen molar-refractivity contribution in [2.24, 2.45) is 0 Å². The summed E-state index contributed by atoms with van der Waals surface area (Å²) in [5.74, 6) is 0. The molecule has 0 radical (unpaired) electrons. The third kappa shape index (κ3) is 3.05. The van der Waals surface area contributed by atoms with E-state index in [9.17, 15) is 0 Å². The maximum Gasteiger partial charge on any atom is 0.112 e. The van der Waals surface area contributed by atoms with Gasteiger partial charge in [-0.15, -0.1) is 0 Å². The van der Waals surface area contributed by atoms with Crippen LogP contribution in [0.25, 0.3) is 11.0 Å². The van der Waals surface area contributed by atoms with Crippen LogP contribution in [0.3, 0.4) is 0 Å². The number of aromatic nitrogens is 3. The molecule has 2 aromatic rings. The van der Waals surface area contributed by atoms with Gasteiger partial charge in [-0.05, 0) is 12.1 Å². The molecule has 1 aromatic heterocycles. The Kier molecular flexibility index (Phi) is 3.71. The van der Waals surface area contributed by atoms with Crippen molar-refractivity contribution >= 4 is 11.0 Å². The first-order chi connectivity index (χ1) is 7.47. The molecule has 0 bridgehead atoms. The SMILES string of the molecule is C1CCCCC1.c1ccc2n[nH]nc2c1. The zero-order chi connectivity index (χ0) is 10.3. The quantitative estimate of drug-likeness (QED) is 0.713. The molecule has 0 aliphatic heterocycles. The Morgan fingerprint density at radius 3 is 1.53 bits per heavy atom. The van der Waals surface area contributed by atoms with Crippen molar-refractivity contribution in [2.75, 3.05) is 0 Å². The predicted octanol–water partition coefficient (Wildman–Crippen LogP) is 3.30. The number of hydrogen-bond donors (Lipinski definition) is 1. The lowest BCUT2D eigenvalue weighted by Crippen LogP contribution is -1.85. The smallest absolute Gasteiger partial charge is 0.112 e. The Morgan fingerprint density at radius 2 is 1.13 bits per heavy atom. The van der Waals surface area contributed by atoms with Crippen molar-refractivity contribution in [3.63, 3.8) is 0 Å². The summed E-state index contributed by atoms with van der Waals surface area (Å²) in [6.45, 7) is 0. The molecule has 3 nitrogen and oxygen atoms in total. The number of nitrogens with one attached hydrogen (secondary N) is 1. The van der Waals surface area contributed by atoms with Crippen molar-refractivity contribution in [1.29, 1.82) is 0 Å². The molecule has 1 aromatic carbocycles. The van der Waals surface area contributed by atoms with Gasteiger partial charge in [-0.2, -0.15) is 15.4 Å². The van der Waals surface area contributed by atoms with E-state index in [4.69, 9.17) is 0 Å². The lowest BCUT2D eigenvalue weighted by atomic mass is 10.0. The fourth-order valence-corrected chi connectivity index (χ4v) is 1.85. The molecule has 1 heterocycles. The second-order valence-corrected chi connectivity index (χ2v) is 3.93. The average molecular weight is 203 g/mol. The lowest BCUT2D eigenvalue weighted by Gasteiger charge is -2.05. The summed E-state index contributed by atoms with van der Waals surface area (Å²) < 4.78 is 0. The van der Waals surface area contributed by atoms with Crippen LogP contribution in [0.5, 0.6) is 0 Å². The second kappa shape index (κ2) is 5.49. The van der Waals surface area contributed by atoms with E-state index in [-0.39, 0.29) is 0 Å². The molecule has 0 unspecified atom stereocenters. The summed E-state index contributed by atoms with van der Waals surface area (Å²) >= 11 is 0. The fourth-order valence-electron chi connectivity index (χ4n) is 1.85. The monoisotopic (exact) mass is 203 g/mol. The van der Waals surface area contributed by atoms with E-state index in [0.29, 0.717) is 0 Å². The molecular formula is C12H17N3. The van der Waals surface area contributed by atoms with Crippen LogP contribution in [0.1, 0.15) is 38.5 Å². The summed E-state index contributed by atoms with van der Waals surface area (Å²) in [7, 11) is 0. The topological polar surface area (TPSA) is 41.6 Å². The summed E-state index contributed by atoms with van der Waals surface area (Å²) in [6.07, 6.45) is 9.00. The Bertz CT molecular complexity index is 349. The van der Waals surface area contributed by atoms with Gasteiger partial charge in [0.25, 0.3) is 0 Å². The molecule has 1 fully saturated rings. The zero-order valence-corrected chi connectivity index (χ0v) is 8.95. The second-order valence-electron chi connectivity index (χ2n) is 3.93. The van der Waals surface area contributed by atoms with Gasteiger partial charge in [0, 0.05) is 0 Å². The number of fused-ring (bicyclic) bond motifs is 1. The molecule has 1 aliphatic carbocycles. The standard InChI is InChI=1S/C6H5N3.C6H12/c1-2-4-6-5(3-1)7-9-8-6;1-2-4-6-5-3-1/h1-4H,(H,7,8,9);1-6H2. The first kappa shape index (κ1) is 10.1. The Balaban J connectivity index is 0.000000124. The fraction of sp³-hybridized carbons (Fsp3) is 0.500. The van der Waals surface area contributed by atoms with E-state index in [1.54, 1.807) is 0 Å². The molecule has 1 aliphatic rings. The first-order valence-corrected chi connectivity index (χ1v) is 5.72. The van der Waals surface area contributed by atoms with Crippen LogP contribution in [0.2, 0.25) is 0 Å². The van der Waals surface area contributed by atoms with E-state index in [1.807, 2.05) is 24.3 Å². The van der Waals surface area contributed by atoms with Crippen LogP contribution in [0.4, 0.5) is 0 Å². The summed E-state index contributed by atoms with van der Waals surface area (Å²) in [5.41, 5.74) is 1.83. The molecule has 0 saturated heterocycles. The molecule has 0 amide bonds. The lowest BCUT2D eigenvalue weighted by molar-refractivity contribution is 0.504. The van der Waals surface area contributed by atoms with Gasteiger partial charge in [0.15, 0.2) is 0 Å². The molecule has 0 spiro atoms.